The molecule has 0 fully saturated rings. The minimum absolute atomic E-state index is 6.50. The number of hydrogen-bond acceptors (Lipinski definition) is 1. The number of carboxylic acid groups (broad SMARTS) is 1. The molecule has 0 heterocycles. The van der Waals surface area contributed by atoms with E-state index in [-0.39, 0.29) is 0 Å². The van der Waals surface area contributed by atoms with Crippen LogP contribution < -0.4 is 0 Å². The van der Waals surface area contributed by atoms with Crippen molar-refractivity contribution in [2.75, 3.05) is 0 Å². The van der Waals surface area contributed by atoms with Crippen LogP contribution in [0.25, 0.3) is 0 Å². The van der Waals surface area contributed by atoms with E-state index in [0.717, 1.165) is 0 Å². The Kier molecular flexibility index (Phi) is 16.1. The van der Waals surface area contributed by atoms with Gasteiger partial charge >= 0.3 is 148 Å². The number of rotatable bonds is 22. The lowest BCUT2D eigenvalue weighted by molar-refractivity contribution is -0.493. The third-order valence-corrected chi connectivity index (χ3v) is 9.36. The summed E-state index contributed by atoms with van der Waals surface area (Å²) in [4.78, 5) is 10.8. The maximum absolute atomic E-state index is 14.8. The summed E-state index contributed by atoms with van der Waals surface area (Å²) in [7, 11) is 0. The van der Waals surface area contributed by atoms with E-state index in [2.05, 4.69) is 0 Å². The highest BCUT2D eigenvalue weighted by Crippen LogP contribution is 2.72. The first kappa shape index (κ1) is 72.0. The van der Waals surface area contributed by atoms with Crippen molar-refractivity contribution < 1.29 is 225 Å². The average molecular weight is 1260 g/mol. The molecule has 0 aliphatic heterocycles. The maximum atomic E-state index is 14.8. The average Bonchev–Trinajstić information content (AvgIpc) is 3.17. The molecule has 0 saturated carbocycles. The molecule has 51 heteroatoms. The topological polar surface area (TPSA) is 37.3 Å². The molecular weight excluding hydrogens is 1260 g/mol. The van der Waals surface area contributed by atoms with Gasteiger partial charge in [0.05, 0.1) is 0 Å². The minimum Gasteiger partial charge on any atom is -0.479 e. The maximum Gasteiger partial charge on any atom is 0.460 e. The third kappa shape index (κ3) is 7.64. The van der Waals surface area contributed by atoms with Crippen molar-refractivity contribution in [2.24, 2.45) is 0 Å². The van der Waals surface area contributed by atoms with Gasteiger partial charge in [0, 0.05) is 0 Å². The summed E-state index contributed by atoms with van der Waals surface area (Å²) in [5.74, 6) is -225. The second kappa shape index (κ2) is 17.0. The van der Waals surface area contributed by atoms with Crippen LogP contribution in [0.1, 0.15) is 0 Å². The van der Waals surface area contributed by atoms with Crippen LogP contribution in [0.4, 0.5) is 215 Å². The van der Waals surface area contributed by atoms with Crippen LogP contribution in [0.15, 0.2) is 0 Å². The van der Waals surface area contributed by atoms with Crippen LogP contribution in [0, 0.1) is 0 Å². The molecule has 0 rings (SSSR count). The molecule has 1 atom stereocenters. The van der Waals surface area contributed by atoms with Gasteiger partial charge in [-0.25, -0.2) is 9.18 Å². The van der Waals surface area contributed by atoms with Crippen LogP contribution in [-0.4, -0.2) is 153 Å². The molecule has 0 radical (unpaired) electrons. The van der Waals surface area contributed by atoms with Crippen LogP contribution >= 0.6 is 0 Å². The Morgan fingerprint density at radius 2 is 0.237 bits per heavy atom. The smallest absolute Gasteiger partial charge is 0.460 e. The van der Waals surface area contributed by atoms with Gasteiger partial charge in [-0.15, -0.1) is 0 Å². The Morgan fingerprint density at radius 1 is 0.158 bits per heavy atom. The Bertz CT molecular complexity index is 2140. The first-order valence-corrected chi connectivity index (χ1v) is 15.7. The number of carboxylic acids is 1. The summed E-state index contributed by atoms with van der Waals surface area (Å²) in [6.07, 6.45) is -17.3. The molecule has 0 amide bonds. The summed E-state index contributed by atoms with van der Waals surface area (Å²) >= 11 is 0. The third-order valence-electron chi connectivity index (χ3n) is 9.36. The van der Waals surface area contributed by atoms with Gasteiger partial charge in [0.25, 0.3) is 0 Å². The van der Waals surface area contributed by atoms with Gasteiger partial charge in [-0.3, -0.25) is 0 Å². The van der Waals surface area contributed by atoms with Gasteiger partial charge in [-0.2, -0.15) is 211 Å². The molecule has 456 valence electrons. The fourth-order valence-electron chi connectivity index (χ4n) is 4.61. The molecule has 76 heavy (non-hydrogen) atoms. The van der Waals surface area contributed by atoms with E-state index in [9.17, 15) is 220 Å². The zero-order valence-corrected chi connectivity index (χ0v) is 31.9. The van der Waals surface area contributed by atoms with Crippen LogP contribution in [0.2, 0.25) is 0 Å². The summed E-state index contributed by atoms with van der Waals surface area (Å²) in [5.41, 5.74) is -10.3. The van der Waals surface area contributed by atoms with E-state index in [0.29, 0.717) is 0 Å². The van der Waals surface area contributed by atoms with Crippen molar-refractivity contribution in [3.05, 3.63) is 0 Å². The molecule has 0 saturated heterocycles. The van der Waals surface area contributed by atoms with Crippen molar-refractivity contribution in [3.63, 3.8) is 0 Å². The van der Waals surface area contributed by atoms with Gasteiger partial charge in [0.15, 0.2) is 0 Å². The van der Waals surface area contributed by atoms with Gasteiger partial charge in [0.1, 0.15) is 0 Å². The highest BCUT2D eigenvalue weighted by Gasteiger charge is 3.05. The number of halogens is 49. The highest BCUT2D eigenvalue weighted by molar-refractivity contribution is 5.81. The standard InChI is InChI=1S/C25HF49O2/c26-2(1(75)76,4(29,30)6(33,34)8(37,38)18(57,58)20(61,62)22(65,66)24(69,70)71)3(27,28)5(31,32)7(35,36)9(39,40)10(41,42)11(43,44)12(45,46)13(47,48)14(49,50)15(51,52)16(53,54)17(55,56)19(59,60)21(63,64)23(67,68)25(72,73)74/h(H,75,76). The van der Waals surface area contributed by atoms with Crippen molar-refractivity contribution in [3.8, 4) is 0 Å². The molecule has 0 aromatic carbocycles. The lowest BCUT2D eigenvalue weighted by Crippen LogP contribution is -2.82. The van der Waals surface area contributed by atoms with Crippen LogP contribution in [-0.2, 0) is 4.79 Å². The van der Waals surface area contributed by atoms with Crippen molar-refractivity contribution in [1.82, 2.24) is 0 Å². The van der Waals surface area contributed by atoms with Gasteiger partial charge in [-0.05, 0) is 0 Å². The summed E-state index contributed by atoms with van der Waals surface area (Å²) < 4.78 is 671. The molecule has 1 N–H and O–H groups in total. The number of hydrogen-bond donors (Lipinski definition) is 1. The largest absolute Gasteiger partial charge is 0.479 e. The highest BCUT2D eigenvalue weighted by atomic mass is 19.5. The zero-order chi connectivity index (χ0) is 63.6. The normalized spacial score (nSPS) is 18.0. The fourth-order valence-corrected chi connectivity index (χ4v) is 4.61. The van der Waals surface area contributed by atoms with E-state index in [1.54, 1.807) is 0 Å². The van der Waals surface area contributed by atoms with Crippen molar-refractivity contribution >= 4 is 5.97 Å². The summed E-state index contributed by atoms with van der Waals surface area (Å²) in [5, 5.41) is 8.13. The van der Waals surface area contributed by atoms with Gasteiger partial charge in [0.2, 0.25) is 0 Å². The zero-order valence-electron chi connectivity index (χ0n) is 31.9. The second-order valence-electron chi connectivity index (χ2n) is 14.0. The first-order chi connectivity index (χ1) is 31.7. The lowest BCUT2D eigenvalue weighted by atomic mass is 9.76. The molecule has 0 aromatic rings. The molecule has 0 spiro atoms. The quantitative estimate of drug-likeness (QED) is 0.110. The van der Waals surface area contributed by atoms with Gasteiger partial charge in [-0.1, -0.05) is 0 Å². The van der Waals surface area contributed by atoms with E-state index in [1.165, 1.54) is 0 Å². The minimum atomic E-state index is -11.0. The Labute approximate surface area is 375 Å². The molecule has 0 aromatic heterocycles. The first-order valence-electron chi connectivity index (χ1n) is 15.7. The van der Waals surface area contributed by atoms with Gasteiger partial charge < -0.3 is 5.11 Å². The van der Waals surface area contributed by atoms with E-state index in [1.807, 2.05) is 0 Å². The molecule has 0 aliphatic carbocycles. The monoisotopic (exact) mass is 1260 g/mol. The molecule has 0 aliphatic rings. The molecule has 0 bridgehead atoms. The fraction of sp³-hybridized carbons (Fsp3) is 0.960. The predicted molar refractivity (Wildman–Crippen MR) is 127 cm³/mol. The number of alkyl halides is 49. The Morgan fingerprint density at radius 3 is 0.316 bits per heavy atom. The molecule has 1 unspecified atom stereocenters. The molecule has 2 nitrogen and oxygen atoms in total. The predicted octanol–water partition coefficient (Wildman–Crippen LogP) is 15.2. The number of aliphatic carboxylic acids is 1. The Hall–Kier alpha value is -3.96. The van der Waals surface area contributed by atoms with E-state index >= 15 is 0 Å². The number of carbonyl (C=O) groups is 1. The molecular formula is C25HF49O2. The van der Waals surface area contributed by atoms with Crippen molar-refractivity contribution in [2.45, 2.75) is 142 Å². The SMILES string of the molecule is O=C(O)C(F)(C(F)(F)C(F)(F)C(F)(F)C(F)(F)C(F)(F)C(F)(F)C(F)(F)F)C(F)(F)C(F)(F)C(F)(F)C(F)(F)C(F)(F)C(F)(F)C(F)(F)C(F)(F)C(F)(F)C(F)(F)C(F)(F)C(F)(F)C(F)(F)C(F)(F)C(F)(F)C(F)(F)F. The van der Waals surface area contributed by atoms with E-state index in [4.69, 9.17) is 5.11 Å². The lowest BCUT2D eigenvalue weighted by Gasteiger charge is -2.48. The van der Waals surface area contributed by atoms with Crippen molar-refractivity contribution in [1.29, 1.82) is 0 Å². The summed E-state index contributed by atoms with van der Waals surface area (Å²) in [6, 6.07) is 0. The Balaban J connectivity index is 8.42. The second-order valence-corrected chi connectivity index (χ2v) is 14.0. The summed E-state index contributed by atoms with van der Waals surface area (Å²) in [6.45, 7) is 0. The van der Waals surface area contributed by atoms with Crippen LogP contribution in [0.3, 0.4) is 0 Å². The van der Waals surface area contributed by atoms with Crippen LogP contribution in [0.5, 0.6) is 0 Å². The van der Waals surface area contributed by atoms with E-state index < -0.39 is 148 Å².